The van der Waals surface area contributed by atoms with Crippen LogP contribution in [-0.2, 0) is 19.0 Å². The molecule has 0 spiro atoms. The summed E-state index contributed by atoms with van der Waals surface area (Å²) in [5.74, 6) is -0.456. The predicted molar refractivity (Wildman–Crippen MR) is 46.6 cm³/mol. The lowest BCUT2D eigenvalue weighted by atomic mass is 10.2. The molecule has 0 aromatic heterocycles. The number of carbonyl (C=O) groups is 2. The van der Waals surface area contributed by atoms with Crippen molar-refractivity contribution in [3.63, 3.8) is 0 Å². The molecule has 0 aliphatic carbocycles. The zero-order valence-electron chi connectivity index (χ0n) is 8.06. The fourth-order valence-corrected chi connectivity index (χ4v) is 1.01. The first kappa shape index (κ1) is 10.6. The van der Waals surface area contributed by atoms with Crippen LogP contribution in [0.2, 0.25) is 0 Å². The Morgan fingerprint density at radius 2 is 2.29 bits per heavy atom. The highest BCUT2D eigenvalue weighted by molar-refractivity contribution is 5.82. The van der Waals surface area contributed by atoms with Crippen molar-refractivity contribution in [2.45, 2.75) is 26.1 Å². The van der Waals surface area contributed by atoms with E-state index in [9.17, 15) is 9.59 Å². The maximum atomic E-state index is 10.9. The number of rotatable bonds is 3. The molecule has 1 fully saturated rings. The number of ether oxygens (including phenoxy) is 3. The van der Waals surface area contributed by atoms with Crippen molar-refractivity contribution in [2.24, 2.45) is 0 Å². The van der Waals surface area contributed by atoms with Gasteiger partial charge in [-0.3, -0.25) is 0 Å². The molecule has 1 heterocycles. The Morgan fingerprint density at radius 3 is 2.79 bits per heavy atom. The average molecular weight is 200 g/mol. The summed E-state index contributed by atoms with van der Waals surface area (Å²) in [7, 11) is 0. The van der Waals surface area contributed by atoms with E-state index in [0.29, 0.717) is 6.61 Å². The lowest BCUT2D eigenvalue weighted by molar-refractivity contribution is -0.137. The van der Waals surface area contributed by atoms with Crippen molar-refractivity contribution in [3.8, 4) is 0 Å². The number of hydrogen-bond donors (Lipinski definition) is 0. The van der Waals surface area contributed by atoms with Crippen LogP contribution in [0.4, 0.5) is 4.79 Å². The van der Waals surface area contributed by atoms with Crippen LogP contribution in [0.25, 0.3) is 0 Å². The van der Waals surface area contributed by atoms with Crippen LogP contribution >= 0.6 is 0 Å². The van der Waals surface area contributed by atoms with Gasteiger partial charge in [-0.1, -0.05) is 0 Å². The van der Waals surface area contributed by atoms with Crippen molar-refractivity contribution in [1.82, 2.24) is 0 Å². The first-order valence-electron chi connectivity index (χ1n) is 4.35. The van der Waals surface area contributed by atoms with Crippen molar-refractivity contribution in [2.75, 3.05) is 6.61 Å². The van der Waals surface area contributed by atoms with E-state index >= 15 is 0 Å². The molecule has 0 N–H and O–H groups in total. The predicted octanol–water partition coefficient (Wildman–Crippen LogP) is 1.03. The number of cyclic esters (lactones) is 2. The van der Waals surface area contributed by atoms with Crippen molar-refractivity contribution in [1.29, 1.82) is 0 Å². The van der Waals surface area contributed by atoms with Crippen LogP contribution in [-0.4, -0.2) is 30.9 Å². The normalized spacial score (nSPS) is 26.0. The summed E-state index contributed by atoms with van der Waals surface area (Å²) in [5.41, 5.74) is 0. The Morgan fingerprint density at radius 1 is 1.57 bits per heavy atom. The monoisotopic (exact) mass is 200 g/mol. The zero-order valence-corrected chi connectivity index (χ0v) is 8.06. The molecule has 0 amide bonds. The summed E-state index contributed by atoms with van der Waals surface area (Å²) in [4.78, 5) is 21.5. The molecule has 0 aromatic rings. The molecule has 1 aliphatic heterocycles. The lowest BCUT2D eigenvalue weighted by Crippen LogP contribution is -2.16. The SMILES string of the molecule is CCOC(=O)/C=C/[C@@H]1OC(=O)O[C@H]1C. The summed E-state index contributed by atoms with van der Waals surface area (Å²) in [6.07, 6.45) is 1.09. The first-order chi connectivity index (χ1) is 6.63. The van der Waals surface area contributed by atoms with Crippen LogP contribution in [0, 0.1) is 0 Å². The first-order valence-corrected chi connectivity index (χ1v) is 4.35. The molecule has 0 bridgehead atoms. The van der Waals surface area contributed by atoms with Gasteiger partial charge in [0.1, 0.15) is 6.10 Å². The van der Waals surface area contributed by atoms with Gasteiger partial charge in [-0.2, -0.15) is 0 Å². The third-order valence-electron chi connectivity index (χ3n) is 1.69. The van der Waals surface area contributed by atoms with Crippen LogP contribution < -0.4 is 0 Å². The van der Waals surface area contributed by atoms with Gasteiger partial charge in [0.2, 0.25) is 0 Å². The molecule has 1 rings (SSSR count). The van der Waals surface area contributed by atoms with Gasteiger partial charge in [-0.05, 0) is 19.9 Å². The van der Waals surface area contributed by atoms with Gasteiger partial charge in [-0.15, -0.1) is 0 Å². The molecule has 0 aromatic carbocycles. The highest BCUT2D eigenvalue weighted by Gasteiger charge is 2.30. The number of esters is 1. The molecule has 1 aliphatic rings. The highest BCUT2D eigenvalue weighted by Crippen LogP contribution is 2.15. The largest absolute Gasteiger partial charge is 0.509 e. The van der Waals surface area contributed by atoms with E-state index in [4.69, 9.17) is 9.47 Å². The van der Waals surface area contributed by atoms with Gasteiger partial charge >= 0.3 is 12.1 Å². The summed E-state index contributed by atoms with van der Waals surface area (Å²) < 4.78 is 14.1. The fraction of sp³-hybridized carbons (Fsp3) is 0.556. The van der Waals surface area contributed by atoms with Crippen LogP contribution in [0.3, 0.4) is 0 Å². The zero-order chi connectivity index (χ0) is 10.6. The molecule has 5 nitrogen and oxygen atoms in total. The molecular formula is C9H12O5. The molecule has 2 atom stereocenters. The van der Waals surface area contributed by atoms with E-state index in [0.717, 1.165) is 0 Å². The van der Waals surface area contributed by atoms with E-state index < -0.39 is 18.2 Å². The van der Waals surface area contributed by atoms with Gasteiger partial charge in [0.05, 0.1) is 6.61 Å². The second-order valence-electron chi connectivity index (χ2n) is 2.77. The molecule has 78 valence electrons. The average Bonchev–Trinajstić information content (AvgIpc) is 2.42. The second kappa shape index (κ2) is 4.64. The standard InChI is InChI=1S/C9H12O5/c1-3-12-8(10)5-4-7-6(2)13-9(11)14-7/h4-7H,3H2,1-2H3/b5-4+/t6-,7-/m0/s1. The smallest absolute Gasteiger partial charge is 0.463 e. The summed E-state index contributed by atoms with van der Waals surface area (Å²) >= 11 is 0. The Kier molecular flexibility index (Phi) is 3.50. The third kappa shape index (κ3) is 2.76. The Hall–Kier alpha value is -1.52. The van der Waals surface area contributed by atoms with Crippen molar-refractivity contribution >= 4 is 12.1 Å². The van der Waals surface area contributed by atoms with Gasteiger partial charge in [0.15, 0.2) is 6.10 Å². The molecular weight excluding hydrogens is 188 g/mol. The topological polar surface area (TPSA) is 61.8 Å². The van der Waals surface area contributed by atoms with Crippen LogP contribution in [0.1, 0.15) is 13.8 Å². The van der Waals surface area contributed by atoms with Gasteiger partial charge in [0.25, 0.3) is 0 Å². The van der Waals surface area contributed by atoms with Gasteiger partial charge in [0, 0.05) is 6.08 Å². The molecule has 14 heavy (non-hydrogen) atoms. The molecule has 5 heteroatoms. The van der Waals surface area contributed by atoms with E-state index in [-0.39, 0.29) is 6.10 Å². The molecule has 1 saturated heterocycles. The summed E-state index contributed by atoms with van der Waals surface area (Å²) in [6.45, 7) is 3.72. The molecule has 0 saturated carbocycles. The van der Waals surface area contributed by atoms with E-state index in [1.807, 2.05) is 0 Å². The van der Waals surface area contributed by atoms with E-state index in [1.165, 1.54) is 12.2 Å². The van der Waals surface area contributed by atoms with Crippen molar-refractivity contribution < 1.29 is 23.8 Å². The van der Waals surface area contributed by atoms with Crippen molar-refractivity contribution in [3.05, 3.63) is 12.2 Å². The molecule has 0 radical (unpaired) electrons. The van der Waals surface area contributed by atoms with E-state index in [1.54, 1.807) is 13.8 Å². The summed E-state index contributed by atoms with van der Waals surface area (Å²) in [5, 5.41) is 0. The quantitative estimate of drug-likeness (QED) is 0.503. The minimum atomic E-state index is -0.712. The summed E-state index contributed by atoms with van der Waals surface area (Å²) in [6, 6.07) is 0. The van der Waals surface area contributed by atoms with Gasteiger partial charge < -0.3 is 14.2 Å². The third-order valence-corrected chi connectivity index (χ3v) is 1.69. The number of hydrogen-bond acceptors (Lipinski definition) is 5. The minimum absolute atomic E-state index is 0.319. The maximum Gasteiger partial charge on any atom is 0.509 e. The fourth-order valence-electron chi connectivity index (χ4n) is 1.01. The Labute approximate surface area is 81.6 Å². The Bertz CT molecular complexity index is 258. The lowest BCUT2D eigenvalue weighted by Gasteiger charge is -2.04. The molecule has 0 unspecified atom stereocenters. The van der Waals surface area contributed by atoms with Gasteiger partial charge in [-0.25, -0.2) is 9.59 Å². The minimum Gasteiger partial charge on any atom is -0.463 e. The van der Waals surface area contributed by atoms with Crippen LogP contribution in [0.5, 0.6) is 0 Å². The van der Waals surface area contributed by atoms with Crippen LogP contribution in [0.15, 0.2) is 12.2 Å². The number of carbonyl (C=O) groups excluding carboxylic acids is 2. The Balaban J connectivity index is 2.44. The highest BCUT2D eigenvalue weighted by atomic mass is 16.8. The maximum absolute atomic E-state index is 10.9. The second-order valence-corrected chi connectivity index (χ2v) is 2.77. The van der Waals surface area contributed by atoms with E-state index in [2.05, 4.69) is 4.74 Å².